The van der Waals surface area contributed by atoms with E-state index in [1.807, 2.05) is 17.2 Å². The number of nitrogens with zero attached hydrogens (tertiary/aromatic N) is 5. The molecular weight excluding hydrogens is 366 g/mol. The molecule has 1 saturated carbocycles. The van der Waals surface area contributed by atoms with E-state index in [4.69, 9.17) is 4.74 Å². The third kappa shape index (κ3) is 3.23. The van der Waals surface area contributed by atoms with Gasteiger partial charge in [-0.15, -0.1) is 11.3 Å². The maximum Gasteiger partial charge on any atom is 0.346 e. The number of carbonyl (C=O) groups is 1. The fourth-order valence-corrected chi connectivity index (χ4v) is 4.64. The Kier molecular flexibility index (Phi) is 3.98. The van der Waals surface area contributed by atoms with Crippen molar-refractivity contribution in [3.8, 4) is 0 Å². The Morgan fingerprint density at radius 2 is 2.26 bits per heavy atom. The Labute approximate surface area is 160 Å². The molecule has 5 rings (SSSR count). The highest BCUT2D eigenvalue weighted by Crippen LogP contribution is 2.33. The molecule has 1 atom stereocenters. The number of hydrogen-bond donors (Lipinski definition) is 0. The molecule has 1 aliphatic carbocycles. The van der Waals surface area contributed by atoms with Gasteiger partial charge in [0.05, 0.1) is 30.2 Å². The van der Waals surface area contributed by atoms with E-state index in [-0.39, 0.29) is 11.6 Å². The second kappa shape index (κ2) is 6.27. The smallest absolute Gasteiger partial charge is 0.346 e. The maximum atomic E-state index is 12.7. The third-order valence-electron chi connectivity index (χ3n) is 5.75. The predicted octanol–water partition coefficient (Wildman–Crippen LogP) is 0.964. The van der Waals surface area contributed by atoms with Crippen molar-refractivity contribution in [2.75, 3.05) is 13.1 Å². The molecule has 1 unspecified atom stereocenters. The van der Waals surface area contributed by atoms with Crippen LogP contribution >= 0.6 is 11.3 Å². The minimum Gasteiger partial charge on any atom is -0.363 e. The standard InChI is InChI=1S/C18H23N5O3S/c1-12-19-14(9-27-12)6-16(24)21-5-4-18(10-21)11-22-15(8-26-18)20-23(17(22)25)7-13-2-3-13/h9,13H,2-8,10-11H2,1H3. The molecule has 2 aliphatic heterocycles. The van der Waals surface area contributed by atoms with Crippen molar-refractivity contribution in [3.63, 3.8) is 0 Å². The van der Waals surface area contributed by atoms with E-state index in [1.54, 1.807) is 20.6 Å². The lowest BCUT2D eigenvalue weighted by Gasteiger charge is -2.33. The highest BCUT2D eigenvalue weighted by Gasteiger charge is 2.45. The summed E-state index contributed by atoms with van der Waals surface area (Å²) in [4.78, 5) is 31.6. The summed E-state index contributed by atoms with van der Waals surface area (Å²) in [7, 11) is 0. The van der Waals surface area contributed by atoms with Gasteiger partial charge in [-0.3, -0.25) is 9.36 Å². The second-order valence-corrected chi connectivity index (χ2v) is 9.04. The van der Waals surface area contributed by atoms with Gasteiger partial charge in [0.2, 0.25) is 5.91 Å². The lowest BCUT2D eigenvalue weighted by atomic mass is 10.0. The van der Waals surface area contributed by atoms with Gasteiger partial charge in [-0.1, -0.05) is 0 Å². The molecule has 3 aliphatic rings. The lowest BCUT2D eigenvalue weighted by molar-refractivity contribution is -0.132. The summed E-state index contributed by atoms with van der Waals surface area (Å²) in [6.07, 6.45) is 3.44. The number of carbonyl (C=O) groups excluding carboxylic acids is 1. The van der Waals surface area contributed by atoms with E-state index >= 15 is 0 Å². The molecule has 2 aromatic rings. The number of aryl methyl sites for hydroxylation is 1. The molecule has 2 aromatic heterocycles. The first-order valence-corrected chi connectivity index (χ1v) is 10.4. The number of amides is 1. The van der Waals surface area contributed by atoms with Crippen LogP contribution in [0.5, 0.6) is 0 Å². The first-order chi connectivity index (χ1) is 13.0. The molecule has 0 N–H and O–H groups in total. The largest absolute Gasteiger partial charge is 0.363 e. The van der Waals surface area contributed by atoms with Gasteiger partial charge >= 0.3 is 5.69 Å². The average molecular weight is 389 g/mol. The highest BCUT2D eigenvalue weighted by molar-refractivity contribution is 7.09. The van der Waals surface area contributed by atoms with Gasteiger partial charge in [0.15, 0.2) is 5.82 Å². The number of fused-ring (bicyclic) bond motifs is 1. The fourth-order valence-electron chi connectivity index (χ4n) is 4.03. The molecule has 144 valence electrons. The van der Waals surface area contributed by atoms with Crippen molar-refractivity contribution in [2.45, 2.75) is 57.9 Å². The number of thiazole rings is 1. The topological polar surface area (TPSA) is 82.3 Å². The summed E-state index contributed by atoms with van der Waals surface area (Å²) in [6, 6.07) is 0. The van der Waals surface area contributed by atoms with E-state index in [2.05, 4.69) is 10.1 Å². The molecule has 0 aromatic carbocycles. The van der Waals surface area contributed by atoms with Crippen LogP contribution in [0.25, 0.3) is 0 Å². The summed E-state index contributed by atoms with van der Waals surface area (Å²) in [6.45, 7) is 4.64. The van der Waals surface area contributed by atoms with Crippen LogP contribution in [0.4, 0.5) is 0 Å². The van der Waals surface area contributed by atoms with Gasteiger partial charge in [0.1, 0.15) is 12.2 Å². The van der Waals surface area contributed by atoms with Gasteiger partial charge in [-0.05, 0) is 32.1 Å². The van der Waals surface area contributed by atoms with E-state index < -0.39 is 5.60 Å². The molecule has 2 fully saturated rings. The van der Waals surface area contributed by atoms with Crippen molar-refractivity contribution in [2.24, 2.45) is 5.92 Å². The monoisotopic (exact) mass is 389 g/mol. The fraction of sp³-hybridized carbons (Fsp3) is 0.667. The molecule has 0 radical (unpaired) electrons. The number of ether oxygens (including phenoxy) is 1. The number of aromatic nitrogens is 4. The summed E-state index contributed by atoms with van der Waals surface area (Å²) in [5.41, 5.74) is 0.313. The normalized spacial score (nSPS) is 24.6. The van der Waals surface area contributed by atoms with Crippen molar-refractivity contribution < 1.29 is 9.53 Å². The zero-order valence-corrected chi connectivity index (χ0v) is 16.2. The van der Waals surface area contributed by atoms with Crippen LogP contribution in [0.1, 0.15) is 35.8 Å². The van der Waals surface area contributed by atoms with Crippen LogP contribution in [0.3, 0.4) is 0 Å². The van der Waals surface area contributed by atoms with Crippen molar-refractivity contribution in [1.82, 2.24) is 24.2 Å². The Balaban J connectivity index is 1.28. The predicted molar refractivity (Wildman–Crippen MR) is 98.5 cm³/mol. The summed E-state index contributed by atoms with van der Waals surface area (Å²) < 4.78 is 9.48. The van der Waals surface area contributed by atoms with Crippen LogP contribution < -0.4 is 5.69 Å². The Hall–Kier alpha value is -2.00. The van der Waals surface area contributed by atoms with E-state index in [0.29, 0.717) is 50.9 Å². The molecule has 1 saturated heterocycles. The van der Waals surface area contributed by atoms with E-state index in [9.17, 15) is 9.59 Å². The second-order valence-electron chi connectivity index (χ2n) is 7.98. The zero-order chi connectivity index (χ0) is 18.6. The quantitative estimate of drug-likeness (QED) is 0.778. The number of likely N-dealkylation sites (tertiary alicyclic amines) is 1. The van der Waals surface area contributed by atoms with Gasteiger partial charge in [0, 0.05) is 18.5 Å². The van der Waals surface area contributed by atoms with Crippen LogP contribution in [0, 0.1) is 12.8 Å². The molecule has 4 heterocycles. The van der Waals surface area contributed by atoms with Crippen molar-refractivity contribution in [3.05, 3.63) is 32.4 Å². The van der Waals surface area contributed by atoms with Gasteiger partial charge in [0.25, 0.3) is 0 Å². The van der Waals surface area contributed by atoms with E-state index in [1.165, 1.54) is 12.8 Å². The van der Waals surface area contributed by atoms with Crippen LogP contribution in [0.2, 0.25) is 0 Å². The van der Waals surface area contributed by atoms with Crippen LogP contribution in [0.15, 0.2) is 10.2 Å². The third-order valence-corrected chi connectivity index (χ3v) is 6.57. The number of rotatable bonds is 4. The molecule has 1 amide bonds. The van der Waals surface area contributed by atoms with Crippen molar-refractivity contribution in [1.29, 1.82) is 0 Å². The average Bonchev–Trinajstić information content (AvgIpc) is 3.10. The lowest BCUT2D eigenvalue weighted by Crippen LogP contribution is -2.47. The summed E-state index contributed by atoms with van der Waals surface area (Å²) in [5, 5.41) is 7.37. The molecule has 1 spiro atoms. The van der Waals surface area contributed by atoms with Gasteiger partial charge in [-0.25, -0.2) is 14.5 Å². The Bertz CT molecular complexity index is 943. The minimum absolute atomic E-state index is 0.0395. The van der Waals surface area contributed by atoms with Gasteiger partial charge < -0.3 is 9.64 Å². The SMILES string of the molecule is Cc1nc(CC(=O)N2CCC3(C2)Cn2c(nn(CC4CC4)c2=O)CO3)cs1. The van der Waals surface area contributed by atoms with Crippen molar-refractivity contribution >= 4 is 17.2 Å². The number of hydrogen-bond acceptors (Lipinski definition) is 6. The molecule has 0 bridgehead atoms. The summed E-state index contributed by atoms with van der Waals surface area (Å²) >= 11 is 1.56. The maximum absolute atomic E-state index is 12.7. The molecule has 8 nitrogen and oxygen atoms in total. The Morgan fingerprint density at radius 3 is 3.00 bits per heavy atom. The highest BCUT2D eigenvalue weighted by atomic mass is 32.1. The first-order valence-electron chi connectivity index (χ1n) is 9.51. The molecule has 9 heteroatoms. The first kappa shape index (κ1) is 17.1. The van der Waals surface area contributed by atoms with Crippen LogP contribution in [-0.2, 0) is 35.6 Å². The Morgan fingerprint density at radius 1 is 1.41 bits per heavy atom. The molecular formula is C18H23N5O3S. The van der Waals surface area contributed by atoms with E-state index in [0.717, 1.165) is 17.1 Å². The zero-order valence-electron chi connectivity index (χ0n) is 15.4. The summed E-state index contributed by atoms with van der Waals surface area (Å²) in [5.74, 6) is 1.38. The van der Waals surface area contributed by atoms with Crippen LogP contribution in [-0.4, -0.2) is 48.8 Å². The molecule has 27 heavy (non-hydrogen) atoms. The minimum atomic E-state index is -0.474. The van der Waals surface area contributed by atoms with Gasteiger partial charge in [-0.2, -0.15) is 5.10 Å².